The van der Waals surface area contributed by atoms with Gasteiger partial charge in [0.05, 0.1) is 7.11 Å². The van der Waals surface area contributed by atoms with Crippen LogP contribution in [0.5, 0.6) is 5.75 Å². The van der Waals surface area contributed by atoms with Crippen molar-refractivity contribution in [1.82, 2.24) is 10.2 Å². The summed E-state index contributed by atoms with van der Waals surface area (Å²) in [4.78, 5) is 27.5. The maximum Gasteiger partial charge on any atom is 0.319 e. The first-order valence-corrected chi connectivity index (χ1v) is 11.1. The van der Waals surface area contributed by atoms with Crippen LogP contribution in [0.25, 0.3) is 0 Å². The molecule has 1 heterocycles. The fourth-order valence-corrected chi connectivity index (χ4v) is 4.07. The van der Waals surface area contributed by atoms with Crippen molar-refractivity contribution in [3.8, 4) is 5.75 Å². The van der Waals surface area contributed by atoms with E-state index in [0.717, 1.165) is 44.5 Å². The first kappa shape index (κ1) is 22.7. The normalized spacial score (nSPS) is 15.2. The number of methoxy groups -OCH3 is 1. The highest BCUT2D eigenvalue weighted by Crippen LogP contribution is 2.22. The molecule has 3 amide bonds. The van der Waals surface area contributed by atoms with Gasteiger partial charge in [-0.05, 0) is 61.4 Å². The smallest absolute Gasteiger partial charge is 0.319 e. The van der Waals surface area contributed by atoms with Crippen LogP contribution in [0, 0.1) is 5.92 Å². The number of ether oxygens (including phenoxy) is 1. The Balaban J connectivity index is 1.50. The number of nitrogens with one attached hydrogen (secondary N) is 2. The molecule has 1 aliphatic heterocycles. The number of carbonyl (C=O) groups is 2. The van der Waals surface area contributed by atoms with E-state index in [9.17, 15) is 9.59 Å². The summed E-state index contributed by atoms with van der Waals surface area (Å²) in [7, 11) is 1.60. The molecule has 0 aromatic heterocycles. The predicted molar refractivity (Wildman–Crippen MR) is 123 cm³/mol. The molecule has 2 aromatic rings. The Kier molecular flexibility index (Phi) is 8.33. The summed E-state index contributed by atoms with van der Waals surface area (Å²) in [5.41, 5.74) is 2.01. The molecule has 0 spiro atoms. The molecule has 0 saturated carbocycles. The van der Waals surface area contributed by atoms with Gasteiger partial charge in [0.15, 0.2) is 0 Å². The van der Waals surface area contributed by atoms with Crippen molar-refractivity contribution in [2.24, 2.45) is 5.92 Å². The van der Waals surface area contributed by atoms with Crippen LogP contribution in [0.1, 0.15) is 38.2 Å². The van der Waals surface area contributed by atoms with Crippen molar-refractivity contribution in [1.29, 1.82) is 0 Å². The van der Waals surface area contributed by atoms with Crippen molar-refractivity contribution in [3.63, 3.8) is 0 Å². The summed E-state index contributed by atoms with van der Waals surface area (Å²) < 4.78 is 5.13. The molecule has 1 atom stereocenters. The van der Waals surface area contributed by atoms with Crippen molar-refractivity contribution in [2.45, 2.75) is 45.1 Å². The average Bonchev–Trinajstić information content (AvgIpc) is 2.80. The molecule has 0 aliphatic carbocycles. The maximum absolute atomic E-state index is 13.1. The number of anilines is 1. The topological polar surface area (TPSA) is 70.7 Å². The maximum atomic E-state index is 13.1. The van der Waals surface area contributed by atoms with Crippen LogP contribution in [0.4, 0.5) is 10.5 Å². The summed E-state index contributed by atoms with van der Waals surface area (Å²) in [5, 5.41) is 5.67. The molecule has 1 unspecified atom stereocenters. The molecule has 1 aliphatic rings. The lowest BCUT2D eigenvalue weighted by atomic mass is 9.90. The van der Waals surface area contributed by atoms with Crippen LogP contribution < -0.4 is 15.4 Å². The zero-order valence-electron chi connectivity index (χ0n) is 18.5. The third-order valence-electron chi connectivity index (χ3n) is 5.82. The van der Waals surface area contributed by atoms with Gasteiger partial charge in [0.1, 0.15) is 11.8 Å². The monoisotopic (exact) mass is 423 g/mol. The molecule has 0 radical (unpaired) electrons. The zero-order chi connectivity index (χ0) is 22.1. The van der Waals surface area contributed by atoms with Gasteiger partial charge in [0, 0.05) is 18.8 Å². The van der Waals surface area contributed by atoms with E-state index in [4.69, 9.17) is 4.74 Å². The van der Waals surface area contributed by atoms with Gasteiger partial charge in [-0.15, -0.1) is 0 Å². The largest absolute Gasteiger partial charge is 0.497 e. The standard InChI is InChI=1S/C25H33N3O3/c1-3-7-23(27-25(30)26-21-10-12-22(31-2)13-11-21)24(29)28-16-14-20(15-17-28)18-19-8-5-4-6-9-19/h4-6,8-13,20,23H,3,7,14-18H2,1-2H3,(H2,26,27,30). The number of hydrogen-bond donors (Lipinski definition) is 2. The van der Waals surface area contributed by atoms with Crippen molar-refractivity contribution in [3.05, 3.63) is 60.2 Å². The fraction of sp³-hybridized carbons (Fsp3) is 0.440. The van der Waals surface area contributed by atoms with Crippen molar-refractivity contribution < 1.29 is 14.3 Å². The number of likely N-dealkylation sites (tertiary alicyclic amines) is 1. The van der Waals surface area contributed by atoms with Gasteiger partial charge >= 0.3 is 6.03 Å². The summed E-state index contributed by atoms with van der Waals surface area (Å²) in [6.45, 7) is 3.52. The number of urea groups is 1. The molecule has 0 bridgehead atoms. The first-order valence-electron chi connectivity index (χ1n) is 11.1. The molecule has 6 nitrogen and oxygen atoms in total. The number of hydrogen-bond acceptors (Lipinski definition) is 3. The third-order valence-corrected chi connectivity index (χ3v) is 5.82. The second-order valence-corrected chi connectivity index (χ2v) is 8.13. The van der Waals surface area contributed by atoms with Crippen LogP contribution in [-0.4, -0.2) is 43.1 Å². The Morgan fingerprint density at radius 3 is 2.35 bits per heavy atom. The number of piperidine rings is 1. The Bertz CT molecular complexity index is 831. The zero-order valence-corrected chi connectivity index (χ0v) is 18.5. The molecule has 6 heteroatoms. The predicted octanol–water partition coefficient (Wildman–Crippen LogP) is 4.47. The second kappa shape index (κ2) is 11.4. The van der Waals surface area contributed by atoms with E-state index in [0.29, 0.717) is 18.0 Å². The quantitative estimate of drug-likeness (QED) is 0.658. The van der Waals surface area contributed by atoms with E-state index in [-0.39, 0.29) is 11.9 Å². The average molecular weight is 424 g/mol. The molecule has 2 N–H and O–H groups in total. The van der Waals surface area contributed by atoms with E-state index in [1.807, 2.05) is 17.9 Å². The molecule has 1 fully saturated rings. The minimum Gasteiger partial charge on any atom is -0.497 e. The molecule has 31 heavy (non-hydrogen) atoms. The Hall–Kier alpha value is -3.02. The molecular weight excluding hydrogens is 390 g/mol. The van der Waals surface area contributed by atoms with Gasteiger partial charge < -0.3 is 20.3 Å². The minimum atomic E-state index is -0.506. The first-order chi connectivity index (χ1) is 15.1. The highest BCUT2D eigenvalue weighted by molar-refractivity contribution is 5.93. The van der Waals surface area contributed by atoms with Crippen LogP contribution in [0.2, 0.25) is 0 Å². The number of nitrogens with zero attached hydrogens (tertiary/aromatic N) is 1. The Morgan fingerprint density at radius 2 is 1.74 bits per heavy atom. The molecule has 2 aromatic carbocycles. The number of carbonyl (C=O) groups excluding carboxylic acids is 2. The van der Waals surface area contributed by atoms with E-state index in [1.54, 1.807) is 31.4 Å². The van der Waals surface area contributed by atoms with Crippen LogP contribution >= 0.6 is 0 Å². The molecular formula is C25H33N3O3. The summed E-state index contributed by atoms with van der Waals surface area (Å²) in [6.07, 6.45) is 4.50. The van der Waals surface area contributed by atoms with Gasteiger partial charge in [-0.1, -0.05) is 43.7 Å². The minimum absolute atomic E-state index is 0.0184. The number of rotatable bonds is 8. The fourth-order valence-electron chi connectivity index (χ4n) is 4.07. The van der Waals surface area contributed by atoms with E-state index < -0.39 is 6.04 Å². The summed E-state index contributed by atoms with van der Waals surface area (Å²) >= 11 is 0. The highest BCUT2D eigenvalue weighted by Gasteiger charge is 2.29. The molecule has 3 rings (SSSR count). The van der Waals surface area contributed by atoms with Gasteiger partial charge in [0.2, 0.25) is 5.91 Å². The van der Waals surface area contributed by atoms with Crippen LogP contribution in [0.15, 0.2) is 54.6 Å². The van der Waals surface area contributed by atoms with E-state index in [2.05, 4.69) is 34.9 Å². The Morgan fingerprint density at radius 1 is 1.06 bits per heavy atom. The van der Waals surface area contributed by atoms with Gasteiger partial charge in [0.25, 0.3) is 0 Å². The lowest BCUT2D eigenvalue weighted by molar-refractivity contribution is -0.134. The third kappa shape index (κ3) is 6.74. The van der Waals surface area contributed by atoms with Crippen molar-refractivity contribution in [2.75, 3.05) is 25.5 Å². The summed E-state index contributed by atoms with van der Waals surface area (Å²) in [6, 6.07) is 16.8. The molecule has 1 saturated heterocycles. The highest BCUT2D eigenvalue weighted by atomic mass is 16.5. The van der Waals surface area contributed by atoms with Gasteiger partial charge in [-0.2, -0.15) is 0 Å². The summed E-state index contributed by atoms with van der Waals surface area (Å²) in [5.74, 6) is 1.34. The lowest BCUT2D eigenvalue weighted by Crippen LogP contribution is -2.51. The van der Waals surface area contributed by atoms with Gasteiger partial charge in [-0.25, -0.2) is 4.79 Å². The SMILES string of the molecule is CCCC(NC(=O)Nc1ccc(OC)cc1)C(=O)N1CCC(Cc2ccccc2)CC1. The van der Waals surface area contributed by atoms with Gasteiger partial charge in [-0.3, -0.25) is 4.79 Å². The second-order valence-electron chi connectivity index (χ2n) is 8.13. The van der Waals surface area contributed by atoms with E-state index in [1.165, 1.54) is 5.56 Å². The Labute approximate surface area is 185 Å². The lowest BCUT2D eigenvalue weighted by Gasteiger charge is -2.34. The van der Waals surface area contributed by atoms with Crippen LogP contribution in [-0.2, 0) is 11.2 Å². The van der Waals surface area contributed by atoms with Crippen molar-refractivity contribution >= 4 is 17.6 Å². The number of amides is 3. The number of benzene rings is 2. The van der Waals surface area contributed by atoms with Crippen LogP contribution in [0.3, 0.4) is 0 Å². The molecule has 166 valence electrons. The van der Waals surface area contributed by atoms with E-state index >= 15 is 0 Å².